The second kappa shape index (κ2) is 9.47. The number of nitrogens with one attached hydrogen (secondary N) is 2. The lowest BCUT2D eigenvalue weighted by Gasteiger charge is -2.13. The van der Waals surface area contributed by atoms with Crippen LogP contribution in [-0.2, 0) is 10.9 Å². The van der Waals surface area contributed by atoms with Crippen molar-refractivity contribution in [3.8, 4) is 5.69 Å². The lowest BCUT2D eigenvalue weighted by molar-refractivity contribution is -0.137. The van der Waals surface area contributed by atoms with Crippen LogP contribution in [0.25, 0.3) is 5.69 Å². The van der Waals surface area contributed by atoms with Gasteiger partial charge in [0.25, 0.3) is 5.91 Å². The first-order valence-electron chi connectivity index (χ1n) is 8.50. The highest BCUT2D eigenvalue weighted by atomic mass is 19.4. The van der Waals surface area contributed by atoms with E-state index in [-0.39, 0.29) is 17.9 Å². The number of rotatable bonds is 8. The van der Waals surface area contributed by atoms with Crippen LogP contribution >= 0.6 is 0 Å². The van der Waals surface area contributed by atoms with Gasteiger partial charge in [0.2, 0.25) is 5.43 Å². The molecule has 1 aromatic carbocycles. The van der Waals surface area contributed by atoms with E-state index in [1.54, 1.807) is 7.11 Å². The van der Waals surface area contributed by atoms with E-state index in [4.69, 9.17) is 4.74 Å². The van der Waals surface area contributed by atoms with Gasteiger partial charge >= 0.3 is 6.18 Å². The lowest BCUT2D eigenvalue weighted by Crippen LogP contribution is -2.36. The van der Waals surface area contributed by atoms with E-state index in [2.05, 4.69) is 15.7 Å². The van der Waals surface area contributed by atoms with E-state index in [1.165, 1.54) is 25.1 Å². The predicted octanol–water partition coefficient (Wildman–Crippen LogP) is 1.53. The largest absolute Gasteiger partial charge is 0.416 e. The third-order valence-corrected chi connectivity index (χ3v) is 3.81. The van der Waals surface area contributed by atoms with Crippen LogP contribution in [-0.4, -0.2) is 49.0 Å². The third-order valence-electron chi connectivity index (χ3n) is 3.81. The van der Waals surface area contributed by atoms with Crippen LogP contribution in [0.3, 0.4) is 0 Å². The van der Waals surface area contributed by atoms with Crippen LogP contribution in [0.15, 0.2) is 35.1 Å². The summed E-state index contributed by atoms with van der Waals surface area (Å²) in [5, 5.41) is 9.55. The Morgan fingerprint density at radius 1 is 1.21 bits per heavy atom. The average molecular weight is 398 g/mol. The number of hydrogen-bond donors (Lipinski definition) is 2. The number of benzene rings is 1. The Kier molecular flexibility index (Phi) is 7.30. The van der Waals surface area contributed by atoms with Crippen molar-refractivity contribution >= 4 is 5.91 Å². The van der Waals surface area contributed by atoms with E-state index >= 15 is 0 Å². The first kappa shape index (κ1) is 21.6. The number of hydrogen-bond acceptors (Lipinski definition) is 5. The number of carbonyl (C=O) groups is 1. The number of nitrogens with zero attached hydrogens (tertiary/aromatic N) is 2. The molecule has 7 nitrogen and oxygen atoms in total. The Morgan fingerprint density at radius 2 is 1.96 bits per heavy atom. The van der Waals surface area contributed by atoms with Crippen LogP contribution in [0.5, 0.6) is 0 Å². The number of methoxy groups -OCH3 is 1. The number of halogens is 3. The van der Waals surface area contributed by atoms with Gasteiger partial charge in [0.1, 0.15) is 0 Å². The van der Waals surface area contributed by atoms with Crippen molar-refractivity contribution in [3.63, 3.8) is 0 Å². The molecule has 1 heterocycles. The van der Waals surface area contributed by atoms with Gasteiger partial charge in [-0.2, -0.15) is 18.3 Å². The van der Waals surface area contributed by atoms with Crippen molar-refractivity contribution < 1.29 is 22.7 Å². The molecule has 0 aliphatic carbocycles. The van der Waals surface area contributed by atoms with Gasteiger partial charge in [0, 0.05) is 38.5 Å². The van der Waals surface area contributed by atoms with Crippen molar-refractivity contribution in [3.05, 3.63) is 57.5 Å². The number of ether oxygens (including phenoxy) is 1. The van der Waals surface area contributed by atoms with Crippen LogP contribution in [0.2, 0.25) is 0 Å². The topological polar surface area (TPSA) is 85.2 Å². The van der Waals surface area contributed by atoms with Crippen molar-refractivity contribution in [1.29, 1.82) is 0 Å². The molecule has 0 aliphatic heterocycles. The summed E-state index contributed by atoms with van der Waals surface area (Å²) in [7, 11) is 1.57. The third kappa shape index (κ3) is 5.64. The molecule has 0 fully saturated rings. The minimum atomic E-state index is -4.51. The van der Waals surface area contributed by atoms with Crippen molar-refractivity contribution in [2.75, 3.05) is 33.4 Å². The fourth-order valence-electron chi connectivity index (χ4n) is 2.43. The molecule has 1 amide bonds. The minimum Gasteiger partial charge on any atom is -0.383 e. The molecule has 1 aromatic heterocycles. The normalized spacial score (nSPS) is 11.5. The molecule has 10 heteroatoms. The zero-order chi connectivity index (χ0) is 20.7. The predicted molar refractivity (Wildman–Crippen MR) is 96.7 cm³/mol. The molecule has 0 saturated carbocycles. The van der Waals surface area contributed by atoms with Crippen molar-refractivity contribution in [1.82, 2.24) is 20.4 Å². The Hall–Kier alpha value is -2.72. The molecule has 0 saturated heterocycles. The standard InChI is InChI=1S/C18H21F3N4O3/c1-12-10-15(26)16(17(27)23-7-6-22-8-9-28-2)24-25(12)14-5-3-4-13(11-14)18(19,20)21/h3-5,10-11,22H,6-9H2,1-2H3,(H,23,27). The van der Waals surface area contributed by atoms with Gasteiger partial charge in [-0.3, -0.25) is 9.59 Å². The first-order valence-corrected chi connectivity index (χ1v) is 8.50. The smallest absolute Gasteiger partial charge is 0.383 e. The highest BCUT2D eigenvalue weighted by Gasteiger charge is 2.30. The van der Waals surface area contributed by atoms with E-state index < -0.39 is 23.1 Å². The van der Waals surface area contributed by atoms with Gasteiger partial charge in [-0.25, -0.2) is 4.68 Å². The Labute approximate surface area is 159 Å². The van der Waals surface area contributed by atoms with Gasteiger partial charge < -0.3 is 15.4 Å². The number of amides is 1. The fraction of sp³-hybridized carbons (Fsp3) is 0.389. The van der Waals surface area contributed by atoms with Gasteiger partial charge in [0.05, 0.1) is 17.9 Å². The zero-order valence-corrected chi connectivity index (χ0v) is 15.5. The SMILES string of the molecule is COCCNCCNC(=O)c1nn(-c2cccc(C(F)(F)F)c2)c(C)cc1=O. The van der Waals surface area contributed by atoms with Crippen molar-refractivity contribution in [2.24, 2.45) is 0 Å². The Bertz CT molecular complexity index is 881. The summed E-state index contributed by atoms with van der Waals surface area (Å²) in [6.45, 7) is 3.37. The minimum absolute atomic E-state index is 0.0996. The van der Waals surface area contributed by atoms with Gasteiger partial charge in [-0.1, -0.05) is 6.07 Å². The molecule has 0 atom stereocenters. The maximum atomic E-state index is 12.9. The van der Waals surface area contributed by atoms with E-state index in [9.17, 15) is 22.8 Å². The summed E-state index contributed by atoms with van der Waals surface area (Å²) in [6.07, 6.45) is -4.51. The first-order chi connectivity index (χ1) is 13.2. The summed E-state index contributed by atoms with van der Waals surface area (Å²) >= 11 is 0. The monoisotopic (exact) mass is 398 g/mol. The average Bonchev–Trinajstić information content (AvgIpc) is 2.64. The van der Waals surface area contributed by atoms with Gasteiger partial charge in [-0.05, 0) is 25.1 Å². The second-order valence-corrected chi connectivity index (χ2v) is 5.96. The van der Waals surface area contributed by atoms with E-state index in [0.29, 0.717) is 25.4 Å². The second-order valence-electron chi connectivity index (χ2n) is 5.96. The van der Waals surface area contributed by atoms with Gasteiger partial charge in [-0.15, -0.1) is 0 Å². The summed E-state index contributed by atoms with van der Waals surface area (Å²) < 4.78 is 44.9. The fourth-order valence-corrected chi connectivity index (χ4v) is 2.43. The quantitative estimate of drug-likeness (QED) is 0.659. The molecule has 2 rings (SSSR count). The Morgan fingerprint density at radius 3 is 2.64 bits per heavy atom. The highest BCUT2D eigenvalue weighted by molar-refractivity contribution is 5.92. The molecular weight excluding hydrogens is 377 g/mol. The van der Waals surface area contributed by atoms with E-state index in [1.807, 2.05) is 0 Å². The van der Waals surface area contributed by atoms with Crippen LogP contribution < -0.4 is 16.1 Å². The lowest BCUT2D eigenvalue weighted by atomic mass is 10.2. The molecule has 2 aromatic rings. The van der Waals surface area contributed by atoms with Crippen LogP contribution in [0.4, 0.5) is 13.2 Å². The number of alkyl halides is 3. The summed E-state index contributed by atoms with van der Waals surface area (Å²) in [5.41, 5.74) is -1.44. The van der Waals surface area contributed by atoms with Crippen LogP contribution in [0, 0.1) is 6.92 Å². The molecular formula is C18H21F3N4O3. The molecule has 28 heavy (non-hydrogen) atoms. The molecule has 2 N–H and O–H groups in total. The van der Waals surface area contributed by atoms with Gasteiger partial charge in [0.15, 0.2) is 5.69 Å². The molecule has 152 valence electrons. The van der Waals surface area contributed by atoms with Crippen LogP contribution in [0.1, 0.15) is 21.7 Å². The summed E-state index contributed by atoms with van der Waals surface area (Å²) in [6, 6.07) is 5.67. The summed E-state index contributed by atoms with van der Waals surface area (Å²) in [5.74, 6) is -0.695. The maximum Gasteiger partial charge on any atom is 0.416 e. The molecule has 0 bridgehead atoms. The molecule has 0 spiro atoms. The molecule has 0 radical (unpaired) electrons. The van der Waals surface area contributed by atoms with E-state index in [0.717, 1.165) is 16.8 Å². The maximum absolute atomic E-state index is 12.9. The molecule has 0 aliphatic rings. The number of aromatic nitrogens is 2. The van der Waals surface area contributed by atoms with Crippen molar-refractivity contribution in [2.45, 2.75) is 13.1 Å². The molecule has 0 unspecified atom stereocenters. The summed E-state index contributed by atoms with van der Waals surface area (Å²) in [4.78, 5) is 24.4. The Balaban J connectivity index is 2.21. The zero-order valence-electron chi connectivity index (χ0n) is 15.5. The number of aryl methyl sites for hydroxylation is 1. The number of carbonyl (C=O) groups excluding carboxylic acids is 1. The highest BCUT2D eigenvalue weighted by Crippen LogP contribution is 2.30.